The Labute approximate surface area is 180 Å². The summed E-state index contributed by atoms with van der Waals surface area (Å²) < 4.78 is 14.9. The maximum absolute atomic E-state index is 13.6. The molecule has 1 aliphatic rings. The Balaban J connectivity index is 1.67. The van der Waals surface area contributed by atoms with Crippen molar-refractivity contribution in [3.8, 4) is 0 Å². The van der Waals surface area contributed by atoms with E-state index in [1.165, 1.54) is 16.7 Å². The molecule has 1 fully saturated rings. The van der Waals surface area contributed by atoms with Crippen LogP contribution in [0.2, 0.25) is 0 Å². The highest BCUT2D eigenvalue weighted by molar-refractivity contribution is 5.95. The number of hydrogen-bond acceptors (Lipinski definition) is 4. The van der Waals surface area contributed by atoms with E-state index < -0.39 is 0 Å². The van der Waals surface area contributed by atoms with Crippen molar-refractivity contribution in [3.05, 3.63) is 93.2 Å². The second-order valence-corrected chi connectivity index (χ2v) is 8.02. The van der Waals surface area contributed by atoms with Gasteiger partial charge in [-0.2, -0.15) is 0 Å². The van der Waals surface area contributed by atoms with Gasteiger partial charge in [0.15, 0.2) is 0 Å². The average molecular weight is 420 g/mol. The van der Waals surface area contributed by atoms with Crippen LogP contribution in [-0.4, -0.2) is 31.9 Å². The van der Waals surface area contributed by atoms with Gasteiger partial charge in [0, 0.05) is 18.9 Å². The predicted molar refractivity (Wildman–Crippen MR) is 115 cm³/mol. The number of piperidine rings is 1. The van der Waals surface area contributed by atoms with Crippen LogP contribution >= 0.6 is 0 Å². The Bertz CT molecular complexity index is 1140. The van der Waals surface area contributed by atoms with Gasteiger partial charge in [-0.05, 0) is 62.4 Å². The van der Waals surface area contributed by atoms with Gasteiger partial charge in [0.2, 0.25) is 0 Å². The van der Waals surface area contributed by atoms with Crippen LogP contribution in [0.4, 0.5) is 4.39 Å². The number of aryl methyl sites for hydroxylation is 2. The van der Waals surface area contributed by atoms with Gasteiger partial charge in [0.05, 0.1) is 30.2 Å². The molecule has 4 rings (SSSR count). The molecule has 1 atom stereocenters. The Hall–Kier alpha value is -3.35. The minimum Gasteiger partial charge on any atom is -0.331 e. The summed E-state index contributed by atoms with van der Waals surface area (Å²) in [5.41, 5.74) is 2.82. The maximum atomic E-state index is 13.6. The number of amides is 1. The summed E-state index contributed by atoms with van der Waals surface area (Å²) in [5.74, 6) is -0.584. The van der Waals surface area contributed by atoms with E-state index >= 15 is 0 Å². The van der Waals surface area contributed by atoms with Crippen molar-refractivity contribution in [1.29, 1.82) is 0 Å². The summed E-state index contributed by atoms with van der Waals surface area (Å²) in [6, 6.07) is 7.88. The molecular formula is C24H25FN4O2. The molecule has 1 aliphatic heterocycles. The van der Waals surface area contributed by atoms with Crippen LogP contribution in [-0.2, 0) is 6.54 Å². The zero-order valence-corrected chi connectivity index (χ0v) is 17.7. The van der Waals surface area contributed by atoms with Crippen LogP contribution in [0.15, 0.2) is 53.7 Å². The summed E-state index contributed by atoms with van der Waals surface area (Å²) >= 11 is 0. The lowest BCUT2D eigenvalue weighted by atomic mass is 9.94. The van der Waals surface area contributed by atoms with E-state index in [0.717, 1.165) is 30.5 Å². The number of carbonyl (C=O) groups is 1. The molecule has 3 heterocycles. The molecule has 0 saturated carbocycles. The highest BCUT2D eigenvalue weighted by Crippen LogP contribution is 2.32. The third kappa shape index (κ3) is 4.40. The van der Waals surface area contributed by atoms with E-state index in [4.69, 9.17) is 0 Å². The lowest BCUT2D eigenvalue weighted by molar-refractivity contribution is 0.0608. The van der Waals surface area contributed by atoms with Crippen molar-refractivity contribution in [2.45, 2.75) is 45.7 Å². The predicted octanol–water partition coefficient (Wildman–Crippen LogP) is 3.81. The molecule has 160 valence electrons. The highest BCUT2D eigenvalue weighted by atomic mass is 19.1. The number of carbonyl (C=O) groups excluding carboxylic acids is 1. The van der Waals surface area contributed by atoms with Crippen LogP contribution in [0.3, 0.4) is 0 Å². The van der Waals surface area contributed by atoms with Gasteiger partial charge in [-0.3, -0.25) is 19.6 Å². The minimum absolute atomic E-state index is 0.169. The van der Waals surface area contributed by atoms with Crippen LogP contribution in [0.5, 0.6) is 0 Å². The zero-order valence-electron chi connectivity index (χ0n) is 17.7. The summed E-state index contributed by atoms with van der Waals surface area (Å²) in [4.78, 5) is 37.1. The van der Waals surface area contributed by atoms with Crippen molar-refractivity contribution in [3.63, 3.8) is 0 Å². The Morgan fingerprint density at radius 1 is 1.10 bits per heavy atom. The van der Waals surface area contributed by atoms with Gasteiger partial charge >= 0.3 is 0 Å². The number of likely N-dealkylation sites (tertiary alicyclic amines) is 1. The first kappa shape index (κ1) is 20.9. The summed E-state index contributed by atoms with van der Waals surface area (Å²) in [5, 5.41) is 0. The SMILES string of the molecule is Cc1cnc(Cn2ccc(C)c(C(=O)N3CCCCC3c3ccc(F)cc3)c2=O)cn1. The number of nitrogens with zero attached hydrogens (tertiary/aromatic N) is 4. The molecule has 1 amide bonds. The number of hydrogen-bond donors (Lipinski definition) is 0. The topological polar surface area (TPSA) is 68.1 Å². The molecular weight excluding hydrogens is 395 g/mol. The average Bonchev–Trinajstić information content (AvgIpc) is 2.78. The fourth-order valence-corrected chi connectivity index (χ4v) is 4.07. The maximum Gasteiger partial charge on any atom is 0.264 e. The molecule has 6 nitrogen and oxygen atoms in total. The first-order chi connectivity index (χ1) is 14.9. The Kier molecular flexibility index (Phi) is 5.93. The second kappa shape index (κ2) is 8.79. The van der Waals surface area contributed by atoms with Crippen molar-refractivity contribution in [2.24, 2.45) is 0 Å². The van der Waals surface area contributed by atoms with Crippen LogP contribution in [0.25, 0.3) is 0 Å². The van der Waals surface area contributed by atoms with Crippen molar-refractivity contribution in [2.75, 3.05) is 6.54 Å². The number of halogens is 1. The first-order valence-electron chi connectivity index (χ1n) is 10.5. The van der Waals surface area contributed by atoms with Crippen LogP contribution in [0.1, 0.15) is 58.2 Å². The van der Waals surface area contributed by atoms with Crippen LogP contribution in [0, 0.1) is 19.7 Å². The molecule has 1 unspecified atom stereocenters. The lowest BCUT2D eigenvalue weighted by Crippen LogP contribution is -2.42. The van der Waals surface area contributed by atoms with E-state index in [-0.39, 0.29) is 35.4 Å². The summed E-state index contributed by atoms with van der Waals surface area (Å²) in [6.45, 7) is 4.44. The van der Waals surface area contributed by atoms with Gasteiger partial charge in [0.1, 0.15) is 11.4 Å². The van der Waals surface area contributed by atoms with E-state index in [9.17, 15) is 14.0 Å². The molecule has 7 heteroatoms. The van der Waals surface area contributed by atoms with Gasteiger partial charge in [-0.25, -0.2) is 4.39 Å². The lowest BCUT2D eigenvalue weighted by Gasteiger charge is -2.36. The monoisotopic (exact) mass is 420 g/mol. The van der Waals surface area contributed by atoms with E-state index in [2.05, 4.69) is 9.97 Å². The number of benzene rings is 1. The number of rotatable bonds is 4. The van der Waals surface area contributed by atoms with E-state index in [1.54, 1.807) is 48.6 Å². The highest BCUT2D eigenvalue weighted by Gasteiger charge is 2.31. The van der Waals surface area contributed by atoms with Gasteiger partial charge in [0.25, 0.3) is 11.5 Å². The van der Waals surface area contributed by atoms with E-state index in [1.807, 2.05) is 6.92 Å². The summed E-state index contributed by atoms with van der Waals surface area (Å²) in [6.07, 6.45) is 7.62. The Morgan fingerprint density at radius 3 is 2.58 bits per heavy atom. The molecule has 0 radical (unpaired) electrons. The van der Waals surface area contributed by atoms with Crippen LogP contribution < -0.4 is 5.56 Å². The van der Waals surface area contributed by atoms with E-state index in [0.29, 0.717) is 17.8 Å². The molecule has 0 N–H and O–H groups in total. The fourth-order valence-electron chi connectivity index (χ4n) is 4.07. The molecule has 2 aromatic heterocycles. The largest absolute Gasteiger partial charge is 0.331 e. The second-order valence-electron chi connectivity index (χ2n) is 8.02. The smallest absolute Gasteiger partial charge is 0.264 e. The summed E-state index contributed by atoms with van der Waals surface area (Å²) in [7, 11) is 0. The molecule has 1 saturated heterocycles. The molecule has 0 spiro atoms. The number of aromatic nitrogens is 3. The number of pyridine rings is 1. The van der Waals surface area contributed by atoms with Crippen molar-refractivity contribution >= 4 is 5.91 Å². The minimum atomic E-state index is -0.337. The molecule has 0 bridgehead atoms. The zero-order chi connectivity index (χ0) is 22.0. The van der Waals surface area contributed by atoms with Gasteiger partial charge in [-0.15, -0.1) is 0 Å². The van der Waals surface area contributed by atoms with Gasteiger partial charge < -0.3 is 9.47 Å². The third-order valence-corrected chi connectivity index (χ3v) is 5.77. The molecule has 0 aliphatic carbocycles. The standard InChI is InChI=1S/C24H25FN4O2/c1-16-10-12-28(15-20-14-26-17(2)13-27-20)23(30)22(16)24(31)29-11-4-3-5-21(29)18-6-8-19(25)9-7-18/h6-10,12-14,21H,3-5,11,15H2,1-2H3. The molecule has 1 aromatic carbocycles. The molecule has 31 heavy (non-hydrogen) atoms. The quantitative estimate of drug-likeness (QED) is 0.644. The van der Waals surface area contributed by atoms with Gasteiger partial charge in [-0.1, -0.05) is 12.1 Å². The fraction of sp³-hybridized carbons (Fsp3) is 0.333. The van der Waals surface area contributed by atoms with Crippen molar-refractivity contribution < 1.29 is 9.18 Å². The first-order valence-corrected chi connectivity index (χ1v) is 10.5. The Morgan fingerprint density at radius 2 is 1.87 bits per heavy atom. The molecule has 3 aromatic rings. The third-order valence-electron chi connectivity index (χ3n) is 5.77. The van der Waals surface area contributed by atoms with Crippen molar-refractivity contribution in [1.82, 2.24) is 19.4 Å². The normalized spacial score (nSPS) is 16.4.